The smallest absolute Gasteiger partial charge is 0.202 e. The van der Waals surface area contributed by atoms with E-state index in [1.807, 2.05) is 0 Å². The van der Waals surface area contributed by atoms with E-state index < -0.39 is 11.6 Å². The maximum absolute atomic E-state index is 14.4. The summed E-state index contributed by atoms with van der Waals surface area (Å²) in [6.07, 6.45) is 4.75. The zero-order valence-electron chi connectivity index (χ0n) is 14.1. The zero-order valence-corrected chi connectivity index (χ0v) is 14.1. The molecule has 0 spiro atoms. The highest BCUT2D eigenvalue weighted by Crippen LogP contribution is 2.29. The number of nitrogen functional groups attached to an aromatic ring is 1. The summed E-state index contributed by atoms with van der Waals surface area (Å²) in [5.41, 5.74) is 7.19. The maximum atomic E-state index is 14.4. The third-order valence-corrected chi connectivity index (χ3v) is 3.85. The molecule has 11 heteroatoms. The van der Waals surface area contributed by atoms with Gasteiger partial charge < -0.3 is 16.3 Å². The van der Waals surface area contributed by atoms with Crippen molar-refractivity contribution in [3.8, 4) is 16.9 Å². The lowest BCUT2D eigenvalue weighted by molar-refractivity contribution is 0.372. The number of aromatic nitrogens is 3. The number of nitrogens with zero attached hydrogens (tertiary/aromatic N) is 4. The van der Waals surface area contributed by atoms with Crippen LogP contribution in [0.4, 0.5) is 20.3 Å². The minimum atomic E-state index is -1.23. The number of nitrogens with two attached hydrogens (primary N) is 3. The van der Waals surface area contributed by atoms with Gasteiger partial charge in [0.1, 0.15) is 5.82 Å². The molecule has 140 valence electrons. The van der Waals surface area contributed by atoms with Crippen LogP contribution >= 0.6 is 0 Å². The lowest BCUT2D eigenvalue weighted by Gasteiger charge is -2.22. The Bertz CT molecular complexity index is 990. The van der Waals surface area contributed by atoms with Gasteiger partial charge in [-0.3, -0.25) is 10.1 Å². The van der Waals surface area contributed by atoms with E-state index in [-0.39, 0.29) is 28.7 Å². The van der Waals surface area contributed by atoms with Crippen molar-refractivity contribution in [1.29, 1.82) is 0 Å². The maximum Gasteiger partial charge on any atom is 0.202 e. The van der Waals surface area contributed by atoms with Gasteiger partial charge in [-0.05, 0) is 18.2 Å². The van der Waals surface area contributed by atoms with Crippen molar-refractivity contribution in [2.24, 2.45) is 16.8 Å². The summed E-state index contributed by atoms with van der Waals surface area (Å²) < 4.78 is 33.1. The molecule has 3 aromatic rings. The molecular formula is C16H16F2N8O. The molecule has 9 nitrogen and oxygen atoms in total. The number of halogens is 2. The second kappa shape index (κ2) is 7.25. The highest BCUT2D eigenvalue weighted by molar-refractivity contribution is 6.12. The molecule has 0 aliphatic carbocycles. The first kappa shape index (κ1) is 18.1. The van der Waals surface area contributed by atoms with Crippen LogP contribution in [0.25, 0.3) is 11.1 Å². The molecule has 0 aliphatic rings. The van der Waals surface area contributed by atoms with E-state index >= 15 is 0 Å². The van der Waals surface area contributed by atoms with Crippen molar-refractivity contribution in [3.63, 3.8) is 0 Å². The molecule has 0 fully saturated rings. The molecular weight excluding hydrogens is 358 g/mol. The molecule has 3 rings (SSSR count). The summed E-state index contributed by atoms with van der Waals surface area (Å²) in [4.78, 5) is 4.08. The van der Waals surface area contributed by atoms with Crippen LogP contribution in [0, 0.1) is 11.6 Å². The first-order valence-electron chi connectivity index (χ1n) is 7.57. The molecule has 7 N–H and O–H groups in total. The highest BCUT2D eigenvalue weighted by atomic mass is 19.2. The Morgan fingerprint density at radius 2 is 2.00 bits per heavy atom. The van der Waals surface area contributed by atoms with Crippen molar-refractivity contribution in [3.05, 3.63) is 54.0 Å². The fourth-order valence-corrected chi connectivity index (χ4v) is 2.46. The van der Waals surface area contributed by atoms with Gasteiger partial charge in [0.05, 0.1) is 24.6 Å². The van der Waals surface area contributed by atoms with Crippen LogP contribution < -0.4 is 27.2 Å². The van der Waals surface area contributed by atoms with Crippen LogP contribution in [0.2, 0.25) is 0 Å². The fraction of sp³-hybridized carbons (Fsp3) is 0.0625. The predicted octanol–water partition coefficient (Wildman–Crippen LogP) is 1.34. The van der Waals surface area contributed by atoms with Crippen molar-refractivity contribution in [2.75, 3.05) is 17.9 Å². The first-order chi connectivity index (χ1) is 13.0. The number of H-pyrrole nitrogens is 1. The minimum absolute atomic E-state index is 0.0521. The summed E-state index contributed by atoms with van der Waals surface area (Å²) in [5.74, 6) is 8.65. The molecule has 0 amide bonds. The lowest BCUT2D eigenvalue weighted by atomic mass is 10.1. The van der Waals surface area contributed by atoms with Crippen LogP contribution in [-0.2, 0) is 0 Å². The second-order valence-electron chi connectivity index (χ2n) is 5.38. The van der Waals surface area contributed by atoms with Crippen LogP contribution in [0.5, 0.6) is 5.75 Å². The number of nitrogens with one attached hydrogen (secondary N) is 1. The predicted molar refractivity (Wildman–Crippen MR) is 96.5 cm³/mol. The number of aromatic amines is 1. The Balaban J connectivity index is 2.06. The SMILES string of the molecule is COc1ccc(N(N)/C(=N\N)c2cc(-c3cn[nH]c3)cnc2N)c(F)c1F. The van der Waals surface area contributed by atoms with Gasteiger partial charge in [0.15, 0.2) is 17.4 Å². The molecule has 0 saturated heterocycles. The van der Waals surface area contributed by atoms with E-state index in [1.165, 1.54) is 25.4 Å². The van der Waals surface area contributed by atoms with Crippen molar-refractivity contribution in [1.82, 2.24) is 15.2 Å². The number of benzene rings is 1. The van der Waals surface area contributed by atoms with Gasteiger partial charge >= 0.3 is 0 Å². The lowest BCUT2D eigenvalue weighted by Crippen LogP contribution is -2.40. The van der Waals surface area contributed by atoms with Crippen LogP contribution in [-0.4, -0.2) is 28.1 Å². The molecule has 0 unspecified atom stereocenters. The molecule has 1 aromatic carbocycles. The third kappa shape index (κ3) is 3.22. The number of anilines is 2. The molecule has 0 aliphatic heterocycles. The van der Waals surface area contributed by atoms with Crippen molar-refractivity contribution >= 4 is 17.3 Å². The number of amidine groups is 1. The zero-order chi connectivity index (χ0) is 19.6. The Morgan fingerprint density at radius 1 is 1.22 bits per heavy atom. The average Bonchev–Trinajstić information content (AvgIpc) is 3.20. The summed E-state index contributed by atoms with van der Waals surface area (Å²) in [6.45, 7) is 0. The summed E-state index contributed by atoms with van der Waals surface area (Å²) in [6, 6.07) is 4.06. The largest absolute Gasteiger partial charge is 0.494 e. The Labute approximate surface area is 152 Å². The number of ether oxygens (including phenoxy) is 1. The number of hydrogen-bond donors (Lipinski definition) is 4. The normalized spacial score (nSPS) is 11.5. The Kier molecular flexibility index (Phi) is 4.86. The summed E-state index contributed by atoms with van der Waals surface area (Å²) in [7, 11) is 1.22. The van der Waals surface area contributed by atoms with Crippen LogP contribution in [0.1, 0.15) is 5.56 Å². The molecule has 0 atom stereocenters. The average molecular weight is 374 g/mol. The van der Waals surface area contributed by atoms with E-state index in [1.54, 1.807) is 18.5 Å². The minimum Gasteiger partial charge on any atom is -0.494 e. The van der Waals surface area contributed by atoms with E-state index in [2.05, 4.69) is 20.3 Å². The number of pyridine rings is 1. The van der Waals surface area contributed by atoms with Crippen LogP contribution in [0.3, 0.4) is 0 Å². The number of hydrazine groups is 1. The third-order valence-electron chi connectivity index (χ3n) is 3.85. The summed E-state index contributed by atoms with van der Waals surface area (Å²) in [5, 5.41) is 10.9. The van der Waals surface area contributed by atoms with Crippen molar-refractivity contribution in [2.45, 2.75) is 0 Å². The van der Waals surface area contributed by atoms with Crippen LogP contribution in [0.15, 0.2) is 41.9 Å². The van der Waals surface area contributed by atoms with E-state index in [9.17, 15) is 8.78 Å². The second-order valence-corrected chi connectivity index (χ2v) is 5.38. The number of hydrazone groups is 1. The quantitative estimate of drug-likeness (QED) is 0.233. The molecule has 0 radical (unpaired) electrons. The van der Waals surface area contributed by atoms with Gasteiger partial charge in [-0.1, -0.05) is 0 Å². The Hall–Kier alpha value is -3.73. The molecule has 2 heterocycles. The van der Waals surface area contributed by atoms with E-state index in [0.29, 0.717) is 5.56 Å². The monoisotopic (exact) mass is 374 g/mol. The first-order valence-corrected chi connectivity index (χ1v) is 7.57. The number of rotatable bonds is 4. The van der Waals surface area contributed by atoms with Gasteiger partial charge in [0.2, 0.25) is 5.82 Å². The van der Waals surface area contributed by atoms with Gasteiger partial charge in [0, 0.05) is 23.5 Å². The number of methoxy groups -OCH3 is 1. The molecule has 27 heavy (non-hydrogen) atoms. The van der Waals surface area contributed by atoms with Crippen molar-refractivity contribution < 1.29 is 13.5 Å². The highest BCUT2D eigenvalue weighted by Gasteiger charge is 2.23. The number of hydrogen-bond acceptors (Lipinski definition) is 7. The van der Waals surface area contributed by atoms with Gasteiger partial charge in [-0.15, -0.1) is 0 Å². The van der Waals surface area contributed by atoms with E-state index in [0.717, 1.165) is 10.6 Å². The molecule has 0 saturated carbocycles. The topological polar surface area (TPSA) is 144 Å². The fourth-order valence-electron chi connectivity index (χ4n) is 2.46. The standard InChI is InChI=1S/C16H16F2N8O/c1-27-12-3-2-11(13(17)14(12)18)26(21)16(25-20)10-4-8(5-22-15(10)19)9-6-23-24-7-9/h2-7H,20-21H2,1H3,(H2,19,22)(H,23,24)/b25-16-. The molecule has 2 aromatic heterocycles. The van der Waals surface area contributed by atoms with Gasteiger partial charge in [-0.2, -0.15) is 14.6 Å². The Morgan fingerprint density at radius 3 is 2.63 bits per heavy atom. The molecule has 0 bridgehead atoms. The van der Waals surface area contributed by atoms with Gasteiger partial charge in [-0.25, -0.2) is 15.2 Å². The summed E-state index contributed by atoms with van der Waals surface area (Å²) >= 11 is 0. The van der Waals surface area contributed by atoms with E-state index in [4.69, 9.17) is 22.2 Å². The van der Waals surface area contributed by atoms with Gasteiger partial charge in [0.25, 0.3) is 0 Å².